The second kappa shape index (κ2) is 8.10. The van der Waals surface area contributed by atoms with Crippen molar-refractivity contribution in [3.63, 3.8) is 0 Å². The summed E-state index contributed by atoms with van der Waals surface area (Å²) in [6, 6.07) is 11.8. The molecule has 0 spiro atoms. The van der Waals surface area contributed by atoms with Crippen LogP contribution in [0.5, 0.6) is 0 Å². The Hall–Kier alpha value is -2.73. The Morgan fingerprint density at radius 1 is 1.14 bits per heavy atom. The first-order chi connectivity index (χ1) is 13.3. The maximum Gasteiger partial charge on any atom is 0.193 e. The summed E-state index contributed by atoms with van der Waals surface area (Å²) in [7, 11) is 6.00. The van der Waals surface area contributed by atoms with E-state index in [2.05, 4.69) is 10.3 Å². The maximum absolute atomic E-state index is 13.0. The van der Waals surface area contributed by atoms with Gasteiger partial charge in [0.25, 0.3) is 0 Å². The van der Waals surface area contributed by atoms with Gasteiger partial charge in [-0.25, -0.2) is 0 Å². The molecule has 0 unspecified atom stereocenters. The van der Waals surface area contributed by atoms with Crippen molar-refractivity contribution in [2.45, 2.75) is 38.6 Å². The topological polar surface area (TPSA) is 64.2 Å². The van der Waals surface area contributed by atoms with Crippen molar-refractivity contribution in [2.24, 2.45) is 0 Å². The number of ketones is 1. The van der Waals surface area contributed by atoms with Crippen LogP contribution < -0.4 is 0 Å². The third-order valence-electron chi connectivity index (χ3n) is 4.89. The van der Waals surface area contributed by atoms with Crippen molar-refractivity contribution >= 4 is 5.78 Å². The summed E-state index contributed by atoms with van der Waals surface area (Å²) in [5, 5.41) is 8.46. The minimum Gasteiger partial charge on any atom is -0.361 e. The fourth-order valence-electron chi connectivity index (χ4n) is 3.23. The highest BCUT2D eigenvalue weighted by molar-refractivity contribution is 6.04. The first-order valence-corrected chi connectivity index (χ1v) is 9.50. The fraction of sp³-hybridized carbons (Fsp3) is 0.409. The van der Waals surface area contributed by atoms with E-state index in [1.165, 1.54) is 0 Å². The first-order valence-electron chi connectivity index (χ1n) is 9.50. The lowest BCUT2D eigenvalue weighted by atomic mass is 9.90. The minimum atomic E-state index is -0.372. The van der Waals surface area contributed by atoms with Crippen LogP contribution in [0.25, 0.3) is 0 Å². The second-order valence-electron chi connectivity index (χ2n) is 7.82. The number of hydrogen-bond acceptors (Lipinski definition) is 5. The molecule has 0 N–H and O–H groups in total. The van der Waals surface area contributed by atoms with E-state index in [1.807, 2.05) is 82.5 Å². The number of aromatic nitrogens is 3. The van der Waals surface area contributed by atoms with E-state index in [4.69, 9.17) is 4.52 Å². The predicted octanol–water partition coefficient (Wildman–Crippen LogP) is 3.63. The molecule has 0 aliphatic heterocycles. The Kier molecular flexibility index (Phi) is 5.79. The van der Waals surface area contributed by atoms with E-state index < -0.39 is 0 Å². The lowest BCUT2D eigenvalue weighted by Gasteiger charge is -2.12. The zero-order chi connectivity index (χ0) is 20.3. The summed E-state index contributed by atoms with van der Waals surface area (Å²) in [6.07, 6.45) is 3.64. The molecular weight excluding hydrogens is 352 g/mol. The average molecular weight is 380 g/mol. The van der Waals surface area contributed by atoms with Gasteiger partial charge in [0.2, 0.25) is 0 Å². The number of benzene rings is 1. The zero-order valence-corrected chi connectivity index (χ0v) is 17.3. The molecule has 0 radical (unpaired) electrons. The van der Waals surface area contributed by atoms with Crippen LogP contribution in [-0.2, 0) is 12.0 Å². The third-order valence-corrected chi connectivity index (χ3v) is 4.89. The number of hydrogen-bond donors (Lipinski definition) is 0. The molecule has 4 rings (SSSR count). The smallest absolute Gasteiger partial charge is 0.193 e. The number of carbonyl (C=O) groups is 1. The molecule has 1 aromatic carbocycles. The highest BCUT2D eigenvalue weighted by Gasteiger charge is 2.51. The van der Waals surface area contributed by atoms with Gasteiger partial charge in [-0.15, -0.1) is 0 Å². The van der Waals surface area contributed by atoms with Crippen LogP contribution in [0.2, 0.25) is 0 Å². The van der Waals surface area contributed by atoms with Gasteiger partial charge in [-0.1, -0.05) is 35.5 Å². The standard InChI is InChI=1S/C19H19N3O2.C3H9N/c1-13-16(14(2)24-21-13)12-22-11-8-17(20-22)18(23)19(9-10-19)15-6-4-3-5-7-15;1-4(2)3/h3-8,11H,9-10,12H2,1-2H3;1-3H3. The van der Waals surface area contributed by atoms with Gasteiger partial charge in [0, 0.05) is 11.8 Å². The zero-order valence-electron chi connectivity index (χ0n) is 17.3. The first kappa shape index (κ1) is 20.0. The number of Topliss-reactive ketones (excluding diaryl/α,β-unsaturated/α-hetero) is 1. The minimum absolute atomic E-state index is 0.117. The van der Waals surface area contributed by atoms with Gasteiger partial charge in [0.15, 0.2) is 5.78 Å². The van der Waals surface area contributed by atoms with Gasteiger partial charge >= 0.3 is 0 Å². The van der Waals surface area contributed by atoms with Crippen LogP contribution in [0, 0.1) is 13.8 Å². The number of aryl methyl sites for hydroxylation is 2. The number of rotatable bonds is 5. The van der Waals surface area contributed by atoms with Crippen molar-refractivity contribution in [2.75, 3.05) is 21.1 Å². The molecule has 28 heavy (non-hydrogen) atoms. The van der Waals surface area contributed by atoms with E-state index in [-0.39, 0.29) is 11.2 Å². The summed E-state index contributed by atoms with van der Waals surface area (Å²) in [6.45, 7) is 4.36. The van der Waals surface area contributed by atoms with Gasteiger partial charge in [0.05, 0.1) is 17.7 Å². The Morgan fingerprint density at radius 3 is 2.32 bits per heavy atom. The van der Waals surface area contributed by atoms with Gasteiger partial charge in [-0.3, -0.25) is 9.48 Å². The molecule has 0 atom stereocenters. The van der Waals surface area contributed by atoms with Crippen LogP contribution in [0.15, 0.2) is 47.1 Å². The quantitative estimate of drug-likeness (QED) is 0.633. The molecule has 3 aromatic rings. The summed E-state index contributed by atoms with van der Waals surface area (Å²) in [4.78, 5) is 15.0. The molecule has 0 amide bonds. The summed E-state index contributed by atoms with van der Waals surface area (Å²) >= 11 is 0. The van der Waals surface area contributed by atoms with Crippen molar-refractivity contribution in [1.29, 1.82) is 0 Å². The lowest BCUT2D eigenvalue weighted by Crippen LogP contribution is -2.21. The number of carbonyl (C=O) groups excluding carboxylic acids is 1. The number of nitrogens with zero attached hydrogens (tertiary/aromatic N) is 4. The maximum atomic E-state index is 13.0. The van der Waals surface area contributed by atoms with Crippen LogP contribution in [-0.4, -0.2) is 46.8 Å². The van der Waals surface area contributed by atoms with E-state index in [1.54, 1.807) is 4.68 Å². The van der Waals surface area contributed by atoms with Crippen molar-refractivity contribution < 1.29 is 9.32 Å². The summed E-state index contributed by atoms with van der Waals surface area (Å²) < 4.78 is 6.96. The van der Waals surface area contributed by atoms with Crippen LogP contribution in [0.3, 0.4) is 0 Å². The fourth-order valence-corrected chi connectivity index (χ4v) is 3.23. The third kappa shape index (κ3) is 4.22. The molecule has 1 saturated carbocycles. The van der Waals surface area contributed by atoms with Crippen LogP contribution in [0.1, 0.15) is 45.9 Å². The Bertz CT molecular complexity index is 914. The molecule has 148 valence electrons. The van der Waals surface area contributed by atoms with E-state index in [0.29, 0.717) is 12.2 Å². The molecular formula is C22H28N4O2. The largest absolute Gasteiger partial charge is 0.361 e. The Labute approximate surface area is 166 Å². The van der Waals surface area contributed by atoms with E-state index in [9.17, 15) is 4.79 Å². The monoisotopic (exact) mass is 380 g/mol. The van der Waals surface area contributed by atoms with Gasteiger partial charge in [0.1, 0.15) is 11.5 Å². The highest BCUT2D eigenvalue weighted by atomic mass is 16.5. The summed E-state index contributed by atoms with van der Waals surface area (Å²) in [5.41, 5.74) is 3.13. The van der Waals surface area contributed by atoms with Crippen molar-refractivity contribution in [1.82, 2.24) is 19.8 Å². The molecule has 6 nitrogen and oxygen atoms in total. The molecule has 0 bridgehead atoms. The average Bonchev–Trinajstić information content (AvgIpc) is 3.25. The Morgan fingerprint density at radius 2 is 1.79 bits per heavy atom. The van der Waals surface area contributed by atoms with Gasteiger partial charge < -0.3 is 9.42 Å². The molecule has 1 fully saturated rings. The summed E-state index contributed by atoms with van der Waals surface area (Å²) in [5.74, 6) is 0.907. The van der Waals surface area contributed by atoms with E-state index >= 15 is 0 Å². The van der Waals surface area contributed by atoms with Gasteiger partial charge in [-0.05, 0) is 59.5 Å². The van der Waals surface area contributed by atoms with Crippen molar-refractivity contribution in [3.8, 4) is 0 Å². The SMILES string of the molecule is CN(C)C.Cc1noc(C)c1Cn1ccc(C(=O)C2(c3ccccc3)CC2)n1. The normalized spacial score (nSPS) is 14.5. The molecule has 2 aromatic heterocycles. The van der Waals surface area contributed by atoms with E-state index in [0.717, 1.165) is 35.4 Å². The highest BCUT2D eigenvalue weighted by Crippen LogP contribution is 2.50. The molecule has 1 aliphatic carbocycles. The van der Waals surface area contributed by atoms with Crippen LogP contribution >= 0.6 is 0 Å². The lowest BCUT2D eigenvalue weighted by molar-refractivity contribution is 0.0940. The van der Waals surface area contributed by atoms with Crippen LogP contribution in [0.4, 0.5) is 0 Å². The molecule has 2 heterocycles. The molecule has 6 heteroatoms. The molecule has 0 saturated heterocycles. The van der Waals surface area contributed by atoms with Crippen molar-refractivity contribution in [3.05, 3.63) is 70.9 Å². The predicted molar refractivity (Wildman–Crippen MR) is 109 cm³/mol. The Balaban J connectivity index is 0.000000516. The molecule has 1 aliphatic rings. The second-order valence-corrected chi connectivity index (χ2v) is 7.82. The van der Waals surface area contributed by atoms with Gasteiger partial charge in [-0.2, -0.15) is 5.10 Å².